The molecule has 0 amide bonds. The van der Waals surface area contributed by atoms with Gasteiger partial charge in [-0.25, -0.2) is 0 Å². The van der Waals surface area contributed by atoms with E-state index in [1.54, 1.807) is 0 Å². The van der Waals surface area contributed by atoms with E-state index in [-0.39, 0.29) is 48.7 Å². The van der Waals surface area contributed by atoms with Crippen LogP contribution in [-0.4, -0.2) is 27.3 Å². The molecule has 0 fully saturated rings. The van der Waals surface area contributed by atoms with Crippen LogP contribution in [0, 0.1) is 26.7 Å². The molecule has 0 spiro atoms. The van der Waals surface area contributed by atoms with Crippen LogP contribution in [0.25, 0.3) is 35.9 Å². The predicted octanol–water partition coefficient (Wildman–Crippen LogP) is 2.07. The minimum Gasteiger partial charge on any atom is -0.661 e. The van der Waals surface area contributed by atoms with Crippen molar-refractivity contribution in [2.24, 2.45) is 5.92 Å². The summed E-state index contributed by atoms with van der Waals surface area (Å²) in [6.07, 6.45) is 10.7. The standard InChI is InChI=1S/C33H32N4O5.Fe/c1-6-20-16(2)26-13-31-23(15-38)19(5)25(37-31)11-24-17(3)21(7-9-32(39)40)29(35-24)14-30-22(8-10-33(41)42)18(4)27(36-30)12-28(20)34-26;/h6,11-15,20,38H,1,7-10H2,2-5H3,(H,39,40)(H,41,42);/q-4;+4. The Labute approximate surface area is 259 Å². The molecule has 0 radical (unpaired) electrons. The van der Waals surface area contributed by atoms with E-state index in [9.17, 15) is 24.9 Å². The molecule has 222 valence electrons. The maximum atomic E-state index is 11.5. The molecule has 5 heterocycles. The van der Waals surface area contributed by atoms with Gasteiger partial charge in [-0.2, -0.15) is 0 Å². The van der Waals surface area contributed by atoms with Gasteiger partial charge in [0.2, 0.25) is 0 Å². The SMILES string of the molecule is C=CC1C2=Cc3[n-]c(c(CCC(=O)O)c3C)C=c3[n-]c(c(C)c3CCC(=O)O)=Cc3[n-]c(c(=CO)c3C)=CC(=C1C)[N-]2.[Fe+4]. The van der Waals surface area contributed by atoms with Crippen molar-refractivity contribution in [1.29, 1.82) is 0 Å². The summed E-state index contributed by atoms with van der Waals surface area (Å²) >= 11 is 0. The molecule has 2 aliphatic heterocycles. The molecule has 1 atom stereocenters. The Balaban J connectivity index is 0.00000423. The first-order chi connectivity index (χ1) is 20.0. The number of carbonyl (C=O) groups is 2. The van der Waals surface area contributed by atoms with Crippen molar-refractivity contribution in [2.75, 3.05) is 0 Å². The van der Waals surface area contributed by atoms with Crippen LogP contribution < -0.4 is 36.2 Å². The van der Waals surface area contributed by atoms with E-state index in [1.807, 2.05) is 58.1 Å². The Morgan fingerprint density at radius 1 is 0.791 bits per heavy atom. The molecule has 2 aliphatic rings. The topological polar surface area (TPSA) is 151 Å². The van der Waals surface area contributed by atoms with E-state index in [2.05, 4.69) is 6.58 Å². The Morgan fingerprint density at radius 2 is 1.42 bits per heavy atom. The third-order valence-corrected chi connectivity index (χ3v) is 8.17. The van der Waals surface area contributed by atoms with Gasteiger partial charge in [0.15, 0.2) is 0 Å². The van der Waals surface area contributed by atoms with Gasteiger partial charge in [0.05, 0.1) is 6.26 Å². The van der Waals surface area contributed by atoms with Crippen molar-refractivity contribution in [3.05, 3.63) is 101 Å². The molecule has 0 saturated heterocycles. The number of allylic oxidation sites excluding steroid dienone is 2. The average molecular weight is 620 g/mol. The van der Waals surface area contributed by atoms with Gasteiger partial charge in [-0.15, -0.1) is 51.1 Å². The van der Waals surface area contributed by atoms with E-state index >= 15 is 0 Å². The predicted molar refractivity (Wildman–Crippen MR) is 160 cm³/mol. The monoisotopic (exact) mass is 620 g/mol. The average Bonchev–Trinajstić information content (AvgIpc) is 3.59. The maximum absolute atomic E-state index is 11.5. The van der Waals surface area contributed by atoms with Crippen LogP contribution in [0.4, 0.5) is 0 Å². The first-order valence-corrected chi connectivity index (χ1v) is 13.7. The second kappa shape index (κ2) is 12.5. The largest absolute Gasteiger partial charge is 4.00 e. The number of aliphatic hydroxyl groups is 1. The Morgan fingerprint density at radius 3 is 2.05 bits per heavy atom. The molecule has 3 aromatic rings. The van der Waals surface area contributed by atoms with Crippen LogP contribution in [0.2, 0.25) is 0 Å². The number of hydrogen-bond acceptors (Lipinski definition) is 3. The molecule has 0 aliphatic carbocycles. The van der Waals surface area contributed by atoms with Crippen molar-refractivity contribution < 1.29 is 42.0 Å². The summed E-state index contributed by atoms with van der Waals surface area (Å²) in [5, 5.41) is 36.2. The van der Waals surface area contributed by atoms with Crippen molar-refractivity contribution in [2.45, 2.75) is 53.4 Å². The van der Waals surface area contributed by atoms with Crippen molar-refractivity contribution in [3.8, 4) is 0 Å². The molecule has 10 heteroatoms. The van der Waals surface area contributed by atoms with E-state index in [4.69, 9.17) is 20.3 Å². The summed E-state index contributed by atoms with van der Waals surface area (Å²) in [4.78, 5) is 37.6. The second-order valence-corrected chi connectivity index (χ2v) is 10.7. The van der Waals surface area contributed by atoms with Gasteiger partial charge >= 0.3 is 29.0 Å². The minimum atomic E-state index is -0.916. The number of aliphatic hydroxyl groups excluding tert-OH is 1. The fourth-order valence-electron chi connectivity index (χ4n) is 5.66. The van der Waals surface area contributed by atoms with E-state index < -0.39 is 11.9 Å². The molecule has 3 N–H and O–H groups in total. The third-order valence-electron chi connectivity index (χ3n) is 8.17. The number of hydrogen-bond donors (Lipinski definition) is 3. The molecular formula is C33H32FeN4O5. The van der Waals surface area contributed by atoms with Crippen LogP contribution in [0.3, 0.4) is 0 Å². The number of nitrogens with zero attached hydrogens (tertiary/aromatic N) is 4. The number of rotatable bonds is 7. The normalized spacial score (nSPS) is 16.0. The summed E-state index contributed by atoms with van der Waals surface area (Å²) in [7, 11) is 0. The van der Waals surface area contributed by atoms with Crippen LogP contribution in [0.5, 0.6) is 0 Å². The molecule has 8 bridgehead atoms. The summed E-state index contributed by atoms with van der Waals surface area (Å²) in [5.41, 5.74) is 8.38. The maximum Gasteiger partial charge on any atom is 4.00 e. The molecular weight excluding hydrogens is 588 g/mol. The van der Waals surface area contributed by atoms with E-state index in [0.29, 0.717) is 44.0 Å². The number of carboxylic acids is 2. The zero-order valence-electron chi connectivity index (χ0n) is 24.4. The van der Waals surface area contributed by atoms with Crippen molar-refractivity contribution in [1.82, 2.24) is 15.0 Å². The van der Waals surface area contributed by atoms with Gasteiger partial charge in [-0.1, -0.05) is 63.8 Å². The fraction of sp³-hybridized carbons (Fsp3) is 0.273. The number of aliphatic carboxylic acids is 2. The zero-order chi connectivity index (χ0) is 30.3. The molecule has 1 unspecified atom stereocenters. The quantitative estimate of drug-likeness (QED) is 0.268. The molecule has 3 aromatic heterocycles. The Hall–Kier alpha value is -4.40. The molecule has 0 saturated carbocycles. The smallest absolute Gasteiger partial charge is 0.661 e. The third kappa shape index (κ3) is 5.94. The summed E-state index contributed by atoms with van der Waals surface area (Å²) in [6, 6.07) is 0. The summed E-state index contributed by atoms with van der Waals surface area (Å²) < 4.78 is 0. The molecule has 0 aromatic carbocycles. The first kappa shape index (κ1) is 31.5. The van der Waals surface area contributed by atoms with Gasteiger partial charge in [0, 0.05) is 18.8 Å². The summed E-state index contributed by atoms with van der Waals surface area (Å²) in [6.45, 7) is 11.7. The van der Waals surface area contributed by atoms with Gasteiger partial charge in [0.1, 0.15) is 0 Å². The first-order valence-electron chi connectivity index (χ1n) is 13.7. The number of aromatic nitrogens is 3. The molecule has 43 heavy (non-hydrogen) atoms. The van der Waals surface area contributed by atoms with Gasteiger partial charge in [0.25, 0.3) is 0 Å². The van der Waals surface area contributed by atoms with Crippen LogP contribution in [0.1, 0.15) is 64.7 Å². The fourth-order valence-corrected chi connectivity index (χ4v) is 5.66. The molecule has 9 nitrogen and oxygen atoms in total. The van der Waals surface area contributed by atoms with E-state index in [1.165, 1.54) is 0 Å². The van der Waals surface area contributed by atoms with Crippen LogP contribution >= 0.6 is 0 Å². The van der Waals surface area contributed by atoms with Crippen molar-refractivity contribution in [3.63, 3.8) is 0 Å². The Bertz CT molecular complexity index is 1950. The van der Waals surface area contributed by atoms with Gasteiger partial charge in [-0.3, -0.25) is 9.59 Å². The number of carboxylic acid groups (broad SMARTS) is 2. The summed E-state index contributed by atoms with van der Waals surface area (Å²) in [5.74, 6) is -1.98. The van der Waals surface area contributed by atoms with Crippen molar-refractivity contribution >= 4 is 42.5 Å². The number of fused-ring (bicyclic) bond motifs is 8. The van der Waals surface area contributed by atoms with Crippen LogP contribution in [-0.2, 0) is 39.5 Å². The van der Waals surface area contributed by atoms with E-state index in [0.717, 1.165) is 45.3 Å². The molecule has 5 rings (SSSR count). The van der Waals surface area contributed by atoms with Gasteiger partial charge < -0.3 is 35.6 Å². The van der Waals surface area contributed by atoms with Crippen LogP contribution in [0.15, 0.2) is 29.6 Å². The Kier molecular flexibility index (Phi) is 9.13. The minimum absolute atomic E-state index is 0. The zero-order valence-corrected chi connectivity index (χ0v) is 25.5. The second-order valence-electron chi connectivity index (χ2n) is 10.7. The van der Waals surface area contributed by atoms with Gasteiger partial charge in [-0.05, 0) is 45.8 Å².